The molecule has 1 aliphatic heterocycles. The van der Waals surface area contributed by atoms with E-state index in [1.165, 1.54) is 24.3 Å². The van der Waals surface area contributed by atoms with Gasteiger partial charge in [0.2, 0.25) is 6.29 Å². The Morgan fingerprint density at radius 1 is 1.11 bits per heavy atom. The van der Waals surface area contributed by atoms with Crippen LogP contribution in [0.3, 0.4) is 0 Å². The molecule has 1 fully saturated rings. The summed E-state index contributed by atoms with van der Waals surface area (Å²) in [5, 5.41) is 0. The summed E-state index contributed by atoms with van der Waals surface area (Å²) in [5.74, 6) is 5.83. The smallest absolute Gasteiger partial charge is 0.406 e. The number of rotatable bonds is 3. The maximum absolute atomic E-state index is 12.2. The van der Waals surface area contributed by atoms with Crippen LogP contribution >= 0.6 is 0 Å². The summed E-state index contributed by atoms with van der Waals surface area (Å²) >= 11 is 0. The lowest BCUT2D eigenvalue weighted by molar-refractivity contribution is -0.274. The zero-order valence-corrected chi connectivity index (χ0v) is 15.1. The van der Waals surface area contributed by atoms with Crippen molar-refractivity contribution < 1.29 is 27.4 Å². The predicted octanol–water partition coefficient (Wildman–Crippen LogP) is 4.56. The summed E-state index contributed by atoms with van der Waals surface area (Å²) in [6.07, 6.45) is 0.317. The van der Waals surface area contributed by atoms with E-state index in [-0.39, 0.29) is 11.7 Å². The third kappa shape index (κ3) is 5.84. The van der Waals surface area contributed by atoms with Gasteiger partial charge in [0.1, 0.15) is 5.75 Å². The first kappa shape index (κ1) is 19.9. The molecule has 0 unspecified atom stereocenters. The topological polar surface area (TPSA) is 40.6 Å². The number of hydrogen-bond donors (Lipinski definition) is 0. The Morgan fingerprint density at radius 3 is 2.39 bits per heavy atom. The van der Waals surface area contributed by atoms with Crippen molar-refractivity contribution >= 4 is 0 Å². The molecule has 0 spiro atoms. The number of pyridine rings is 1. The number of alkyl halides is 3. The maximum Gasteiger partial charge on any atom is 0.573 e. The van der Waals surface area contributed by atoms with E-state index in [1.807, 2.05) is 19.1 Å². The first-order valence-corrected chi connectivity index (χ1v) is 8.63. The molecule has 0 amide bonds. The largest absolute Gasteiger partial charge is 0.573 e. The van der Waals surface area contributed by atoms with Crippen molar-refractivity contribution in [1.29, 1.82) is 0 Å². The van der Waals surface area contributed by atoms with Crippen molar-refractivity contribution in [2.45, 2.75) is 19.6 Å². The maximum atomic E-state index is 12.2. The van der Waals surface area contributed by atoms with Crippen molar-refractivity contribution in [1.82, 2.24) is 4.98 Å². The molecule has 1 aliphatic rings. The molecule has 0 saturated carbocycles. The highest BCUT2D eigenvalue weighted by molar-refractivity contribution is 5.60. The summed E-state index contributed by atoms with van der Waals surface area (Å²) in [6.45, 7) is 3.08. The molecular weight excluding hydrogens is 371 g/mol. The van der Waals surface area contributed by atoms with Crippen molar-refractivity contribution in [3.63, 3.8) is 0 Å². The molecule has 2 heterocycles. The molecule has 1 aromatic heterocycles. The second-order valence-corrected chi connectivity index (χ2v) is 6.06. The standard InChI is InChI=1S/C21H18F3NO3/c1-2-3-16-13-26-20(27-14-16)11-5-15-4-10-19(25-12-15)17-6-8-18(9-7-17)28-21(22,23)24/h2-4,6-10,12,16,20H,13-14H2,1H3/b3-2+. The van der Waals surface area contributed by atoms with Gasteiger partial charge in [-0.2, -0.15) is 0 Å². The number of nitrogens with zero attached hydrogens (tertiary/aromatic N) is 1. The SMILES string of the molecule is C/C=C/C1COC(C#Cc2ccc(-c3ccc(OC(F)(F)F)cc3)nc2)OC1. The fraction of sp³-hybridized carbons (Fsp3) is 0.286. The molecule has 0 bridgehead atoms. The molecule has 146 valence electrons. The summed E-state index contributed by atoms with van der Waals surface area (Å²) < 4.78 is 51.5. The van der Waals surface area contributed by atoms with Gasteiger partial charge in [-0.05, 0) is 49.2 Å². The van der Waals surface area contributed by atoms with Crippen LogP contribution in [-0.4, -0.2) is 30.9 Å². The summed E-state index contributed by atoms with van der Waals surface area (Å²) in [4.78, 5) is 4.30. The van der Waals surface area contributed by atoms with E-state index in [1.54, 1.807) is 18.3 Å². The zero-order valence-electron chi connectivity index (χ0n) is 15.1. The first-order chi connectivity index (χ1) is 13.4. The van der Waals surface area contributed by atoms with Crippen LogP contribution in [0.1, 0.15) is 12.5 Å². The predicted molar refractivity (Wildman–Crippen MR) is 97.2 cm³/mol. The molecule has 4 nitrogen and oxygen atoms in total. The van der Waals surface area contributed by atoms with E-state index in [4.69, 9.17) is 9.47 Å². The molecule has 1 saturated heterocycles. The van der Waals surface area contributed by atoms with Crippen molar-refractivity contribution in [2.24, 2.45) is 5.92 Å². The van der Waals surface area contributed by atoms with Gasteiger partial charge < -0.3 is 14.2 Å². The lowest BCUT2D eigenvalue weighted by Gasteiger charge is -2.24. The van der Waals surface area contributed by atoms with Gasteiger partial charge in [-0.3, -0.25) is 4.98 Å². The minimum Gasteiger partial charge on any atom is -0.406 e. The van der Waals surface area contributed by atoms with Crippen LogP contribution in [0, 0.1) is 17.8 Å². The third-order valence-corrected chi connectivity index (χ3v) is 3.87. The van der Waals surface area contributed by atoms with Gasteiger partial charge in [0.15, 0.2) is 0 Å². The van der Waals surface area contributed by atoms with Gasteiger partial charge in [0.05, 0.1) is 18.9 Å². The Bertz CT molecular complexity index is 857. The van der Waals surface area contributed by atoms with Gasteiger partial charge in [-0.1, -0.05) is 18.1 Å². The second-order valence-electron chi connectivity index (χ2n) is 6.06. The van der Waals surface area contributed by atoms with E-state index in [2.05, 4.69) is 21.6 Å². The highest BCUT2D eigenvalue weighted by Crippen LogP contribution is 2.25. The lowest BCUT2D eigenvalue weighted by Crippen LogP contribution is -2.30. The molecule has 0 N–H and O–H groups in total. The van der Waals surface area contributed by atoms with Gasteiger partial charge in [0, 0.05) is 23.2 Å². The lowest BCUT2D eigenvalue weighted by atomic mass is 10.1. The number of hydrogen-bond acceptors (Lipinski definition) is 4. The average Bonchev–Trinajstić information content (AvgIpc) is 2.68. The number of ether oxygens (including phenoxy) is 3. The monoisotopic (exact) mass is 389 g/mol. The molecule has 7 heteroatoms. The highest BCUT2D eigenvalue weighted by atomic mass is 19.4. The Morgan fingerprint density at radius 2 is 1.82 bits per heavy atom. The van der Waals surface area contributed by atoms with Crippen LogP contribution in [0.2, 0.25) is 0 Å². The number of halogens is 3. The second kappa shape index (κ2) is 8.91. The number of allylic oxidation sites excluding steroid dienone is 1. The van der Waals surface area contributed by atoms with Crippen LogP contribution in [0.4, 0.5) is 13.2 Å². The molecule has 0 aliphatic carbocycles. The van der Waals surface area contributed by atoms with Crippen molar-refractivity contribution in [3.8, 4) is 28.8 Å². The molecule has 2 aromatic rings. The fourth-order valence-corrected chi connectivity index (χ4v) is 2.59. The Kier molecular flexibility index (Phi) is 6.34. The minimum absolute atomic E-state index is 0.247. The normalized spacial score (nSPS) is 19.9. The van der Waals surface area contributed by atoms with E-state index in [0.717, 1.165) is 0 Å². The highest BCUT2D eigenvalue weighted by Gasteiger charge is 2.30. The van der Waals surface area contributed by atoms with E-state index in [9.17, 15) is 13.2 Å². The summed E-state index contributed by atoms with van der Waals surface area (Å²) in [6, 6.07) is 9.04. The fourth-order valence-electron chi connectivity index (χ4n) is 2.59. The van der Waals surface area contributed by atoms with Gasteiger partial charge in [-0.25, -0.2) is 0 Å². The zero-order chi connectivity index (χ0) is 20.0. The molecule has 3 rings (SSSR count). The molecule has 1 aromatic carbocycles. The summed E-state index contributed by atoms with van der Waals surface area (Å²) in [7, 11) is 0. The summed E-state index contributed by atoms with van der Waals surface area (Å²) in [5.41, 5.74) is 1.97. The average molecular weight is 389 g/mol. The van der Waals surface area contributed by atoms with Crippen LogP contribution < -0.4 is 4.74 Å². The van der Waals surface area contributed by atoms with E-state index >= 15 is 0 Å². The number of aromatic nitrogens is 1. The van der Waals surface area contributed by atoms with Gasteiger partial charge >= 0.3 is 6.36 Å². The minimum atomic E-state index is -4.71. The van der Waals surface area contributed by atoms with Crippen molar-refractivity contribution in [2.75, 3.05) is 13.2 Å². The van der Waals surface area contributed by atoms with Crippen LogP contribution in [0.5, 0.6) is 5.75 Å². The first-order valence-electron chi connectivity index (χ1n) is 8.63. The van der Waals surface area contributed by atoms with Crippen LogP contribution in [-0.2, 0) is 9.47 Å². The molecule has 28 heavy (non-hydrogen) atoms. The molecule has 0 atom stereocenters. The Labute approximate surface area is 160 Å². The van der Waals surface area contributed by atoms with E-state index < -0.39 is 12.7 Å². The Balaban J connectivity index is 1.60. The molecule has 0 radical (unpaired) electrons. The third-order valence-electron chi connectivity index (χ3n) is 3.87. The number of benzene rings is 1. The van der Waals surface area contributed by atoms with Crippen molar-refractivity contribution in [3.05, 3.63) is 60.3 Å². The van der Waals surface area contributed by atoms with Crippen LogP contribution in [0.25, 0.3) is 11.3 Å². The van der Waals surface area contributed by atoms with E-state index in [0.29, 0.717) is 30.0 Å². The van der Waals surface area contributed by atoms with Crippen LogP contribution in [0.15, 0.2) is 54.7 Å². The van der Waals surface area contributed by atoms with Gasteiger partial charge in [-0.15, -0.1) is 13.2 Å². The molecular formula is C21H18F3NO3. The van der Waals surface area contributed by atoms with Gasteiger partial charge in [0.25, 0.3) is 0 Å². The Hall–Kier alpha value is -2.82. The quantitative estimate of drug-likeness (QED) is 0.570.